The molecule has 26 heavy (non-hydrogen) atoms. The molecule has 3 aromatic rings. The second-order valence-electron chi connectivity index (χ2n) is 5.40. The van der Waals surface area contributed by atoms with Gasteiger partial charge in [0, 0.05) is 7.05 Å². The molecule has 0 unspecified atom stereocenters. The van der Waals surface area contributed by atoms with Crippen molar-refractivity contribution < 1.29 is 18.0 Å². The van der Waals surface area contributed by atoms with E-state index < -0.39 is 17.8 Å². The van der Waals surface area contributed by atoms with Crippen molar-refractivity contribution in [3.05, 3.63) is 64.9 Å². The van der Waals surface area contributed by atoms with Gasteiger partial charge in [-0.3, -0.25) is 14.5 Å². The van der Waals surface area contributed by atoms with Crippen LogP contribution in [0.25, 0.3) is 11.4 Å². The molecule has 1 amide bonds. The summed E-state index contributed by atoms with van der Waals surface area (Å²) in [5, 5.41) is 6.39. The molecule has 0 fully saturated rings. The summed E-state index contributed by atoms with van der Waals surface area (Å²) < 4.78 is 39.3. The molecule has 0 aliphatic heterocycles. The summed E-state index contributed by atoms with van der Waals surface area (Å²) in [6.07, 6.45) is -3.18. The van der Waals surface area contributed by atoms with Gasteiger partial charge in [0.05, 0.1) is 33.9 Å². The van der Waals surface area contributed by atoms with Gasteiger partial charge in [0.25, 0.3) is 5.91 Å². The van der Waals surface area contributed by atoms with Crippen LogP contribution in [0.3, 0.4) is 0 Å². The van der Waals surface area contributed by atoms with E-state index in [1.807, 2.05) is 0 Å². The van der Waals surface area contributed by atoms with Gasteiger partial charge in [0.1, 0.15) is 0 Å². The van der Waals surface area contributed by atoms with Crippen LogP contribution in [0.15, 0.2) is 48.7 Å². The number of carbonyl (C=O) groups is 1. The molecule has 9 heteroatoms. The zero-order valence-corrected chi connectivity index (χ0v) is 14.1. The average Bonchev–Trinajstić information content (AvgIpc) is 2.98. The van der Waals surface area contributed by atoms with Gasteiger partial charge in [-0.25, -0.2) is 0 Å². The molecule has 0 saturated carbocycles. The number of amides is 1. The summed E-state index contributed by atoms with van der Waals surface area (Å²) >= 11 is 5.97. The van der Waals surface area contributed by atoms with Crippen LogP contribution >= 0.6 is 11.6 Å². The van der Waals surface area contributed by atoms with E-state index in [0.29, 0.717) is 22.0 Å². The summed E-state index contributed by atoms with van der Waals surface area (Å²) in [6, 6.07) is 10.5. The highest BCUT2D eigenvalue weighted by Crippen LogP contribution is 2.31. The van der Waals surface area contributed by atoms with Crippen LogP contribution in [0.1, 0.15) is 16.1 Å². The smallest absolute Gasteiger partial charge is 0.321 e. The third-order valence-electron chi connectivity index (χ3n) is 3.57. The molecule has 1 N–H and O–H groups in total. The Hall–Kier alpha value is -2.87. The topological polar surface area (TPSA) is 59.8 Å². The number of nitrogens with one attached hydrogen (secondary N) is 1. The van der Waals surface area contributed by atoms with Gasteiger partial charge in [-0.05, 0) is 30.3 Å². The predicted octanol–water partition coefficient (Wildman–Crippen LogP) is 4.41. The lowest BCUT2D eigenvalue weighted by Gasteiger charge is -2.07. The number of pyridine rings is 1. The first-order chi connectivity index (χ1) is 12.3. The molecular weight excluding hydrogens is 369 g/mol. The van der Waals surface area contributed by atoms with Crippen LogP contribution in [0.4, 0.5) is 18.9 Å². The number of aromatic nitrogens is 3. The van der Waals surface area contributed by atoms with Gasteiger partial charge in [-0.2, -0.15) is 18.3 Å². The molecule has 2 aromatic heterocycles. The Morgan fingerprint density at radius 2 is 1.92 bits per heavy atom. The molecular formula is C17H12ClF3N4O. The molecule has 0 atom stereocenters. The van der Waals surface area contributed by atoms with Crippen molar-refractivity contribution in [1.82, 2.24) is 14.8 Å². The number of anilines is 1. The molecule has 0 saturated heterocycles. The van der Waals surface area contributed by atoms with Gasteiger partial charge < -0.3 is 5.32 Å². The molecule has 3 rings (SSSR count). The van der Waals surface area contributed by atoms with Crippen LogP contribution in [0, 0.1) is 0 Å². The molecule has 0 spiro atoms. The number of alkyl halides is 3. The highest BCUT2D eigenvalue weighted by molar-refractivity contribution is 6.34. The Bertz CT molecular complexity index is 951. The predicted molar refractivity (Wildman–Crippen MR) is 90.8 cm³/mol. The van der Waals surface area contributed by atoms with E-state index in [2.05, 4.69) is 15.4 Å². The van der Waals surface area contributed by atoms with Gasteiger partial charge in [0.15, 0.2) is 5.69 Å². The van der Waals surface area contributed by atoms with Crippen molar-refractivity contribution in [3.8, 4) is 11.4 Å². The number of hydrogen-bond acceptors (Lipinski definition) is 3. The lowest BCUT2D eigenvalue weighted by Crippen LogP contribution is -2.12. The number of hydrogen-bond donors (Lipinski definition) is 1. The van der Waals surface area contributed by atoms with E-state index in [9.17, 15) is 18.0 Å². The molecule has 134 valence electrons. The summed E-state index contributed by atoms with van der Waals surface area (Å²) in [5.41, 5.74) is 0.206. The molecule has 1 aromatic carbocycles. The number of aryl methyl sites for hydroxylation is 1. The normalized spacial score (nSPS) is 11.4. The number of halogens is 4. The van der Waals surface area contributed by atoms with E-state index in [4.69, 9.17) is 11.6 Å². The van der Waals surface area contributed by atoms with Crippen LogP contribution < -0.4 is 5.32 Å². The Morgan fingerprint density at radius 3 is 2.50 bits per heavy atom. The van der Waals surface area contributed by atoms with Crippen molar-refractivity contribution in [2.45, 2.75) is 6.18 Å². The third-order valence-corrected chi connectivity index (χ3v) is 3.90. The molecule has 5 nitrogen and oxygen atoms in total. The number of carbonyl (C=O) groups excluding carboxylic acids is 1. The minimum atomic E-state index is -4.53. The first-order valence-electron chi connectivity index (χ1n) is 7.39. The molecule has 0 aliphatic carbocycles. The lowest BCUT2D eigenvalue weighted by molar-refractivity contribution is -0.141. The minimum absolute atomic E-state index is 0.210. The van der Waals surface area contributed by atoms with E-state index in [0.717, 1.165) is 10.7 Å². The van der Waals surface area contributed by atoms with Gasteiger partial charge in [-0.15, -0.1) is 0 Å². The maximum atomic E-state index is 12.7. The van der Waals surface area contributed by atoms with Crippen molar-refractivity contribution in [2.24, 2.45) is 7.05 Å². The van der Waals surface area contributed by atoms with Crippen molar-refractivity contribution in [3.63, 3.8) is 0 Å². The molecule has 0 bridgehead atoms. The second kappa shape index (κ2) is 6.80. The molecule has 0 radical (unpaired) electrons. The van der Waals surface area contributed by atoms with E-state index in [1.54, 1.807) is 24.3 Å². The summed E-state index contributed by atoms with van der Waals surface area (Å²) in [6.45, 7) is 0. The van der Waals surface area contributed by atoms with Crippen LogP contribution in [-0.4, -0.2) is 20.7 Å². The fraction of sp³-hybridized carbons (Fsp3) is 0.118. The Labute approximate surface area is 151 Å². The zero-order valence-electron chi connectivity index (χ0n) is 13.4. The van der Waals surface area contributed by atoms with Gasteiger partial charge >= 0.3 is 6.18 Å². The quantitative estimate of drug-likeness (QED) is 0.732. The van der Waals surface area contributed by atoms with Crippen LogP contribution in [0.2, 0.25) is 5.02 Å². The largest absolute Gasteiger partial charge is 0.435 e. The molecule has 0 aliphatic rings. The van der Waals surface area contributed by atoms with E-state index >= 15 is 0 Å². The number of nitrogens with zero attached hydrogens (tertiary/aromatic N) is 3. The van der Waals surface area contributed by atoms with Gasteiger partial charge in [-0.1, -0.05) is 23.7 Å². The molecule has 2 heterocycles. The van der Waals surface area contributed by atoms with Gasteiger partial charge in [0.2, 0.25) is 0 Å². The third kappa shape index (κ3) is 3.70. The maximum Gasteiger partial charge on any atom is 0.435 e. The van der Waals surface area contributed by atoms with E-state index in [-0.39, 0.29) is 5.69 Å². The first kappa shape index (κ1) is 17.9. The Balaban J connectivity index is 1.80. The number of rotatable bonds is 3. The second-order valence-corrected chi connectivity index (χ2v) is 5.81. The standard InChI is InChI=1S/C17H12ClF3N4O/c1-25-14(8-15(24-25)17(19,20)21)13-7-6-10(9-22-13)23-16(26)11-4-2-3-5-12(11)18/h2-9H,1H3,(H,23,26). The summed E-state index contributed by atoms with van der Waals surface area (Å²) in [5.74, 6) is -0.412. The van der Waals surface area contributed by atoms with Crippen molar-refractivity contribution in [1.29, 1.82) is 0 Å². The zero-order chi connectivity index (χ0) is 18.9. The summed E-state index contributed by atoms with van der Waals surface area (Å²) in [4.78, 5) is 16.3. The monoisotopic (exact) mass is 380 g/mol. The number of benzene rings is 1. The highest BCUT2D eigenvalue weighted by Gasteiger charge is 2.34. The fourth-order valence-corrected chi connectivity index (χ4v) is 2.53. The van der Waals surface area contributed by atoms with E-state index in [1.165, 1.54) is 25.4 Å². The maximum absolute atomic E-state index is 12.7. The highest BCUT2D eigenvalue weighted by atomic mass is 35.5. The summed E-state index contributed by atoms with van der Waals surface area (Å²) in [7, 11) is 1.40. The van der Waals surface area contributed by atoms with Crippen molar-refractivity contribution in [2.75, 3.05) is 5.32 Å². The Kier molecular flexibility index (Phi) is 4.69. The first-order valence-corrected chi connectivity index (χ1v) is 7.77. The van der Waals surface area contributed by atoms with Crippen molar-refractivity contribution >= 4 is 23.2 Å². The minimum Gasteiger partial charge on any atom is -0.321 e. The Morgan fingerprint density at radius 1 is 1.19 bits per heavy atom. The SMILES string of the molecule is Cn1nc(C(F)(F)F)cc1-c1ccc(NC(=O)c2ccccc2Cl)cn1. The van der Waals surface area contributed by atoms with Crippen LogP contribution in [-0.2, 0) is 13.2 Å². The lowest BCUT2D eigenvalue weighted by atomic mass is 10.2. The average molecular weight is 381 g/mol. The van der Waals surface area contributed by atoms with Crippen LogP contribution in [0.5, 0.6) is 0 Å². The fourth-order valence-electron chi connectivity index (χ4n) is 2.31.